The van der Waals surface area contributed by atoms with Gasteiger partial charge in [-0.1, -0.05) is 12.1 Å². The Balaban J connectivity index is 1.91. The Hall–Kier alpha value is -1.56. The SMILES string of the molecule is CCC(NC(=O)NC1CCC(O)CC1)c1c(C)noc1C. The fourth-order valence-electron chi connectivity index (χ4n) is 2.97. The maximum absolute atomic E-state index is 12.1. The Morgan fingerprint density at radius 2 is 2.05 bits per heavy atom. The van der Waals surface area contributed by atoms with Crippen LogP contribution in [0.15, 0.2) is 4.52 Å². The number of rotatable bonds is 4. The highest BCUT2D eigenvalue weighted by Gasteiger charge is 2.24. The van der Waals surface area contributed by atoms with E-state index in [2.05, 4.69) is 15.8 Å². The molecule has 2 rings (SSSR count). The van der Waals surface area contributed by atoms with Crippen molar-refractivity contribution in [3.05, 3.63) is 17.0 Å². The van der Waals surface area contributed by atoms with E-state index < -0.39 is 0 Å². The summed E-state index contributed by atoms with van der Waals surface area (Å²) in [4.78, 5) is 12.1. The standard InChI is InChI=1S/C15H25N3O3/c1-4-13(14-9(2)18-21-10(14)3)17-15(20)16-11-5-7-12(19)8-6-11/h11-13,19H,4-8H2,1-3H3,(H2,16,17,20). The highest BCUT2D eigenvalue weighted by atomic mass is 16.5. The lowest BCUT2D eigenvalue weighted by Gasteiger charge is -2.27. The number of carbonyl (C=O) groups excluding carboxylic acids is 1. The number of nitrogens with one attached hydrogen (secondary N) is 2. The molecule has 1 atom stereocenters. The second-order valence-electron chi connectivity index (χ2n) is 5.82. The number of nitrogens with zero attached hydrogens (tertiary/aromatic N) is 1. The van der Waals surface area contributed by atoms with Gasteiger partial charge in [-0.2, -0.15) is 0 Å². The number of aryl methyl sites for hydroxylation is 2. The topological polar surface area (TPSA) is 87.4 Å². The Bertz CT molecular complexity index is 459. The van der Waals surface area contributed by atoms with Gasteiger partial charge < -0.3 is 20.3 Å². The van der Waals surface area contributed by atoms with Crippen LogP contribution in [0.4, 0.5) is 4.79 Å². The monoisotopic (exact) mass is 295 g/mol. The number of hydrogen-bond donors (Lipinski definition) is 3. The molecule has 6 nitrogen and oxygen atoms in total. The molecule has 1 heterocycles. The fourth-order valence-corrected chi connectivity index (χ4v) is 2.97. The van der Waals surface area contributed by atoms with Crippen LogP contribution in [0.2, 0.25) is 0 Å². The molecule has 1 saturated carbocycles. The predicted molar refractivity (Wildman–Crippen MR) is 78.9 cm³/mol. The summed E-state index contributed by atoms with van der Waals surface area (Å²) in [5, 5.41) is 19.4. The minimum absolute atomic E-state index is 0.0922. The van der Waals surface area contributed by atoms with Crippen LogP contribution < -0.4 is 10.6 Å². The average Bonchev–Trinajstić information content (AvgIpc) is 2.78. The van der Waals surface area contributed by atoms with Gasteiger partial charge in [-0.25, -0.2) is 4.79 Å². The van der Waals surface area contributed by atoms with E-state index >= 15 is 0 Å². The van der Waals surface area contributed by atoms with E-state index in [-0.39, 0.29) is 24.2 Å². The van der Waals surface area contributed by atoms with E-state index in [4.69, 9.17) is 4.52 Å². The average molecular weight is 295 g/mol. The fraction of sp³-hybridized carbons (Fsp3) is 0.733. The van der Waals surface area contributed by atoms with Crippen LogP contribution >= 0.6 is 0 Å². The van der Waals surface area contributed by atoms with Crippen molar-refractivity contribution in [1.82, 2.24) is 15.8 Å². The van der Waals surface area contributed by atoms with Gasteiger partial charge in [-0.05, 0) is 46.0 Å². The summed E-state index contributed by atoms with van der Waals surface area (Å²) in [6.07, 6.45) is 3.74. The zero-order valence-corrected chi connectivity index (χ0v) is 13.0. The van der Waals surface area contributed by atoms with Gasteiger partial charge in [0.25, 0.3) is 0 Å². The van der Waals surface area contributed by atoms with E-state index in [9.17, 15) is 9.90 Å². The molecule has 0 aromatic carbocycles. The van der Waals surface area contributed by atoms with Gasteiger partial charge in [0.1, 0.15) is 5.76 Å². The van der Waals surface area contributed by atoms with Crippen molar-refractivity contribution >= 4 is 6.03 Å². The van der Waals surface area contributed by atoms with Crippen molar-refractivity contribution in [3.63, 3.8) is 0 Å². The highest BCUT2D eigenvalue weighted by Crippen LogP contribution is 2.24. The molecule has 1 aromatic heterocycles. The molecule has 0 aliphatic heterocycles. The number of carbonyl (C=O) groups is 1. The van der Waals surface area contributed by atoms with Crippen LogP contribution in [0.3, 0.4) is 0 Å². The van der Waals surface area contributed by atoms with Gasteiger partial charge in [-0.3, -0.25) is 0 Å². The zero-order valence-electron chi connectivity index (χ0n) is 13.0. The number of aliphatic hydroxyl groups excluding tert-OH is 1. The molecular weight excluding hydrogens is 270 g/mol. The van der Waals surface area contributed by atoms with E-state index in [1.54, 1.807) is 0 Å². The number of urea groups is 1. The van der Waals surface area contributed by atoms with E-state index in [1.807, 2.05) is 20.8 Å². The van der Waals surface area contributed by atoms with Crippen LogP contribution in [-0.2, 0) is 0 Å². The molecule has 0 bridgehead atoms. The first-order chi connectivity index (χ1) is 10.0. The Morgan fingerprint density at radius 1 is 1.38 bits per heavy atom. The minimum Gasteiger partial charge on any atom is -0.393 e. The predicted octanol–water partition coefficient (Wildman–Crippen LogP) is 2.35. The first kappa shape index (κ1) is 15.8. The van der Waals surface area contributed by atoms with Crippen molar-refractivity contribution < 1.29 is 14.4 Å². The molecule has 0 saturated heterocycles. The summed E-state index contributed by atoms with van der Waals surface area (Å²) in [6.45, 7) is 5.77. The van der Waals surface area contributed by atoms with Gasteiger partial charge in [0.15, 0.2) is 0 Å². The molecular formula is C15H25N3O3. The molecule has 1 aliphatic rings. The molecule has 1 aliphatic carbocycles. The van der Waals surface area contributed by atoms with Crippen LogP contribution in [0.5, 0.6) is 0 Å². The van der Waals surface area contributed by atoms with Crippen molar-refractivity contribution in [2.24, 2.45) is 0 Å². The second-order valence-corrected chi connectivity index (χ2v) is 5.82. The summed E-state index contributed by atoms with van der Waals surface area (Å²) in [5.74, 6) is 0.750. The number of hydrogen-bond acceptors (Lipinski definition) is 4. The first-order valence-corrected chi connectivity index (χ1v) is 7.69. The van der Waals surface area contributed by atoms with Gasteiger partial charge in [-0.15, -0.1) is 0 Å². The first-order valence-electron chi connectivity index (χ1n) is 7.69. The summed E-state index contributed by atoms with van der Waals surface area (Å²) in [5.41, 5.74) is 1.78. The summed E-state index contributed by atoms with van der Waals surface area (Å²) >= 11 is 0. The Kier molecular flexibility index (Phi) is 5.22. The lowest BCUT2D eigenvalue weighted by atomic mass is 9.93. The van der Waals surface area contributed by atoms with Crippen LogP contribution in [-0.4, -0.2) is 28.4 Å². The van der Waals surface area contributed by atoms with Gasteiger partial charge in [0, 0.05) is 11.6 Å². The quantitative estimate of drug-likeness (QED) is 0.795. The van der Waals surface area contributed by atoms with Gasteiger partial charge in [0.05, 0.1) is 17.8 Å². The number of aliphatic hydroxyl groups is 1. The van der Waals surface area contributed by atoms with Crippen molar-refractivity contribution in [2.45, 2.75) is 71.1 Å². The Labute approximate surface area is 125 Å². The maximum atomic E-state index is 12.1. The lowest BCUT2D eigenvalue weighted by molar-refractivity contribution is 0.117. The van der Waals surface area contributed by atoms with Gasteiger partial charge >= 0.3 is 6.03 Å². The Morgan fingerprint density at radius 3 is 2.57 bits per heavy atom. The van der Waals surface area contributed by atoms with Crippen molar-refractivity contribution in [1.29, 1.82) is 0 Å². The molecule has 3 N–H and O–H groups in total. The molecule has 1 aromatic rings. The normalized spacial score (nSPS) is 23.6. The summed E-state index contributed by atoms with van der Waals surface area (Å²) in [6, 6.07) is -0.107. The van der Waals surface area contributed by atoms with Crippen molar-refractivity contribution in [3.8, 4) is 0 Å². The molecule has 118 valence electrons. The van der Waals surface area contributed by atoms with Crippen LogP contribution in [0, 0.1) is 13.8 Å². The molecule has 21 heavy (non-hydrogen) atoms. The molecule has 6 heteroatoms. The molecule has 1 unspecified atom stereocenters. The number of amides is 2. The molecule has 1 fully saturated rings. The maximum Gasteiger partial charge on any atom is 0.315 e. The van der Waals surface area contributed by atoms with Gasteiger partial charge in [0.2, 0.25) is 0 Å². The summed E-state index contributed by atoms with van der Waals surface area (Å²) < 4.78 is 5.17. The lowest BCUT2D eigenvalue weighted by Crippen LogP contribution is -2.45. The third kappa shape index (κ3) is 3.97. The van der Waals surface area contributed by atoms with E-state index in [0.717, 1.165) is 49.1 Å². The molecule has 0 spiro atoms. The highest BCUT2D eigenvalue weighted by molar-refractivity contribution is 5.74. The minimum atomic E-state index is -0.211. The molecule has 0 radical (unpaired) electrons. The van der Waals surface area contributed by atoms with Crippen LogP contribution in [0.1, 0.15) is 62.1 Å². The van der Waals surface area contributed by atoms with Crippen molar-refractivity contribution in [2.75, 3.05) is 0 Å². The molecule has 2 amide bonds. The zero-order chi connectivity index (χ0) is 15.4. The summed E-state index contributed by atoms with van der Waals surface area (Å²) in [7, 11) is 0. The second kappa shape index (κ2) is 6.93. The third-order valence-corrected chi connectivity index (χ3v) is 4.18. The van der Waals surface area contributed by atoms with Crippen LogP contribution in [0.25, 0.3) is 0 Å². The smallest absolute Gasteiger partial charge is 0.315 e. The van der Waals surface area contributed by atoms with E-state index in [0.29, 0.717) is 0 Å². The number of aromatic nitrogens is 1. The largest absolute Gasteiger partial charge is 0.393 e. The third-order valence-electron chi connectivity index (χ3n) is 4.18. The van der Waals surface area contributed by atoms with E-state index in [1.165, 1.54) is 0 Å².